The Balaban J connectivity index is 2.35. The highest BCUT2D eigenvalue weighted by Gasteiger charge is 2.31. The highest BCUT2D eigenvalue weighted by molar-refractivity contribution is 5.96. The zero-order valence-corrected chi connectivity index (χ0v) is 14.8. The van der Waals surface area contributed by atoms with Crippen molar-refractivity contribution in [3.05, 3.63) is 38.5 Å². The molecule has 0 aliphatic heterocycles. The summed E-state index contributed by atoms with van der Waals surface area (Å²) in [6.45, 7) is 8.44. The van der Waals surface area contributed by atoms with Gasteiger partial charge in [-0.2, -0.15) is 10.2 Å². The normalized spacial score (nSPS) is 10.9. The van der Waals surface area contributed by atoms with Crippen LogP contribution in [-0.2, 0) is 20.1 Å². The molecule has 24 heavy (non-hydrogen) atoms. The quantitative estimate of drug-likeness (QED) is 0.612. The molecule has 2 aromatic heterocycles. The number of aromatic nitrogens is 4. The summed E-state index contributed by atoms with van der Waals surface area (Å²) in [6.07, 6.45) is 0. The van der Waals surface area contributed by atoms with Crippen molar-refractivity contribution >= 4 is 11.6 Å². The van der Waals surface area contributed by atoms with E-state index in [1.54, 1.807) is 7.05 Å². The molecule has 0 atom stereocenters. The van der Waals surface area contributed by atoms with E-state index in [1.165, 1.54) is 23.6 Å². The number of hydrogen-bond acceptors (Lipinski definition) is 5. The van der Waals surface area contributed by atoms with E-state index in [-0.39, 0.29) is 17.1 Å². The van der Waals surface area contributed by atoms with Crippen molar-refractivity contribution in [3.63, 3.8) is 0 Å². The Morgan fingerprint density at radius 2 is 1.88 bits per heavy atom. The number of nitrogens with zero attached hydrogens (tertiary/aromatic N) is 6. The Kier molecular flexibility index (Phi) is 4.72. The van der Waals surface area contributed by atoms with E-state index >= 15 is 0 Å². The Morgan fingerprint density at radius 3 is 2.38 bits per heavy atom. The van der Waals surface area contributed by atoms with Crippen LogP contribution in [0.15, 0.2) is 0 Å². The van der Waals surface area contributed by atoms with Crippen molar-refractivity contribution in [1.29, 1.82) is 0 Å². The van der Waals surface area contributed by atoms with Gasteiger partial charge in [-0.1, -0.05) is 0 Å². The lowest BCUT2D eigenvalue weighted by Crippen LogP contribution is -2.29. The van der Waals surface area contributed by atoms with Crippen molar-refractivity contribution in [2.24, 2.45) is 7.05 Å². The third-order valence-corrected chi connectivity index (χ3v) is 4.15. The van der Waals surface area contributed by atoms with Crippen LogP contribution in [0.1, 0.15) is 40.1 Å². The molecule has 0 unspecified atom stereocenters. The lowest BCUT2D eigenvalue weighted by Gasteiger charge is -2.17. The SMILES string of the molecule is CCn1nc(C)c(CN(C)C(=O)c2c([N+](=O)[O-])c(C)nn2C)c1C. The van der Waals surface area contributed by atoms with Crippen molar-refractivity contribution in [3.8, 4) is 0 Å². The first kappa shape index (κ1) is 17.6. The first-order chi connectivity index (χ1) is 11.2. The fourth-order valence-corrected chi connectivity index (χ4v) is 2.87. The summed E-state index contributed by atoms with van der Waals surface area (Å²) in [7, 11) is 3.16. The largest absolute Gasteiger partial charge is 0.336 e. The summed E-state index contributed by atoms with van der Waals surface area (Å²) < 4.78 is 3.14. The van der Waals surface area contributed by atoms with Gasteiger partial charge in [0.05, 0.1) is 10.6 Å². The molecule has 9 nitrogen and oxygen atoms in total. The summed E-state index contributed by atoms with van der Waals surface area (Å²) in [5, 5.41) is 19.7. The predicted octanol–water partition coefficient (Wildman–Crippen LogP) is 1.74. The van der Waals surface area contributed by atoms with Crippen LogP contribution in [0.25, 0.3) is 0 Å². The number of carbonyl (C=O) groups is 1. The molecule has 0 spiro atoms. The molecule has 0 aliphatic rings. The van der Waals surface area contributed by atoms with Gasteiger partial charge in [0.25, 0.3) is 5.91 Å². The highest BCUT2D eigenvalue weighted by atomic mass is 16.6. The monoisotopic (exact) mass is 334 g/mol. The predicted molar refractivity (Wildman–Crippen MR) is 87.8 cm³/mol. The molecule has 2 rings (SSSR count). The molecule has 0 radical (unpaired) electrons. The van der Waals surface area contributed by atoms with Crippen molar-refractivity contribution in [2.75, 3.05) is 7.05 Å². The fraction of sp³-hybridized carbons (Fsp3) is 0.533. The van der Waals surface area contributed by atoms with Crippen LogP contribution in [0.3, 0.4) is 0 Å². The molecule has 0 saturated carbocycles. The van der Waals surface area contributed by atoms with Gasteiger partial charge in [0.2, 0.25) is 5.69 Å². The Hall–Kier alpha value is -2.71. The Bertz CT molecular complexity index is 805. The van der Waals surface area contributed by atoms with Gasteiger partial charge in [0, 0.05) is 38.4 Å². The van der Waals surface area contributed by atoms with Crippen molar-refractivity contribution in [1.82, 2.24) is 24.5 Å². The maximum atomic E-state index is 12.7. The van der Waals surface area contributed by atoms with E-state index in [0.717, 1.165) is 23.5 Å². The number of hydrogen-bond donors (Lipinski definition) is 0. The van der Waals surface area contributed by atoms with E-state index in [1.807, 2.05) is 25.5 Å². The summed E-state index contributed by atoms with van der Waals surface area (Å²) in [4.78, 5) is 24.9. The smallest absolute Gasteiger partial charge is 0.322 e. The minimum Gasteiger partial charge on any atom is -0.336 e. The molecular formula is C15H22N6O3. The average Bonchev–Trinajstić information content (AvgIpc) is 2.95. The summed E-state index contributed by atoms with van der Waals surface area (Å²) in [6, 6.07) is 0. The van der Waals surface area contributed by atoms with Crippen molar-refractivity contribution in [2.45, 2.75) is 40.8 Å². The van der Waals surface area contributed by atoms with Gasteiger partial charge in [-0.25, -0.2) is 0 Å². The average molecular weight is 334 g/mol. The number of rotatable bonds is 5. The highest BCUT2D eigenvalue weighted by Crippen LogP contribution is 2.24. The third-order valence-electron chi connectivity index (χ3n) is 4.15. The lowest BCUT2D eigenvalue weighted by molar-refractivity contribution is -0.385. The molecule has 1 amide bonds. The second-order valence-corrected chi connectivity index (χ2v) is 5.79. The van der Waals surface area contributed by atoms with Gasteiger partial charge < -0.3 is 4.90 Å². The standard InChI is InChI=1S/C15H22N6O3/c1-7-20-11(4)12(9(2)17-20)8-18(5)15(22)14-13(21(23)24)10(3)16-19(14)6/h7-8H2,1-6H3. The molecule has 0 N–H and O–H groups in total. The first-order valence-electron chi connectivity index (χ1n) is 7.65. The maximum absolute atomic E-state index is 12.7. The Labute approximate surface area is 140 Å². The summed E-state index contributed by atoms with van der Waals surface area (Å²) in [5.74, 6) is -0.437. The van der Waals surface area contributed by atoms with Gasteiger partial charge in [-0.15, -0.1) is 0 Å². The van der Waals surface area contributed by atoms with Crippen LogP contribution >= 0.6 is 0 Å². The second-order valence-electron chi connectivity index (χ2n) is 5.79. The molecular weight excluding hydrogens is 312 g/mol. The van der Waals surface area contributed by atoms with E-state index in [2.05, 4.69) is 10.2 Å². The third kappa shape index (κ3) is 2.89. The maximum Gasteiger partial charge on any atom is 0.322 e. The minimum absolute atomic E-state index is 0.0156. The van der Waals surface area contributed by atoms with Crippen LogP contribution in [0.2, 0.25) is 0 Å². The number of carbonyl (C=O) groups excluding carboxylic acids is 1. The van der Waals surface area contributed by atoms with Crippen LogP contribution in [-0.4, -0.2) is 42.3 Å². The molecule has 0 aliphatic carbocycles. The number of amides is 1. The molecule has 9 heteroatoms. The lowest BCUT2D eigenvalue weighted by atomic mass is 10.1. The van der Waals surface area contributed by atoms with Gasteiger partial charge >= 0.3 is 5.69 Å². The first-order valence-corrected chi connectivity index (χ1v) is 7.65. The summed E-state index contributed by atoms with van der Waals surface area (Å²) in [5.41, 5.74) is 2.76. The van der Waals surface area contributed by atoms with Crippen LogP contribution < -0.4 is 0 Å². The Morgan fingerprint density at radius 1 is 1.25 bits per heavy atom. The van der Waals surface area contributed by atoms with E-state index in [9.17, 15) is 14.9 Å². The van der Waals surface area contributed by atoms with Gasteiger partial charge in [-0.3, -0.25) is 24.3 Å². The van der Waals surface area contributed by atoms with Gasteiger partial charge in [-0.05, 0) is 27.7 Å². The summed E-state index contributed by atoms with van der Waals surface area (Å²) >= 11 is 0. The van der Waals surface area contributed by atoms with Gasteiger partial charge in [0.15, 0.2) is 0 Å². The molecule has 0 fully saturated rings. The van der Waals surface area contributed by atoms with E-state index < -0.39 is 10.8 Å². The molecule has 2 aromatic rings. The van der Waals surface area contributed by atoms with Crippen LogP contribution in [0.4, 0.5) is 5.69 Å². The molecule has 2 heterocycles. The molecule has 130 valence electrons. The second kappa shape index (κ2) is 6.42. The van der Waals surface area contributed by atoms with Crippen LogP contribution in [0.5, 0.6) is 0 Å². The zero-order valence-electron chi connectivity index (χ0n) is 14.8. The van der Waals surface area contributed by atoms with Crippen molar-refractivity contribution < 1.29 is 9.72 Å². The minimum atomic E-state index is -0.560. The van der Waals surface area contributed by atoms with E-state index in [0.29, 0.717) is 6.54 Å². The van der Waals surface area contributed by atoms with Gasteiger partial charge in [0.1, 0.15) is 5.69 Å². The van der Waals surface area contributed by atoms with E-state index in [4.69, 9.17) is 0 Å². The number of aryl methyl sites for hydroxylation is 4. The fourth-order valence-electron chi connectivity index (χ4n) is 2.87. The molecule has 0 saturated heterocycles. The molecule has 0 bridgehead atoms. The zero-order chi connectivity index (χ0) is 18.2. The topological polar surface area (TPSA) is 99.1 Å². The van der Waals surface area contributed by atoms with Crippen LogP contribution in [0, 0.1) is 30.9 Å². The molecule has 0 aromatic carbocycles. The number of nitro groups is 1.